The summed E-state index contributed by atoms with van der Waals surface area (Å²) in [5, 5.41) is 16.5. The second-order valence-corrected chi connectivity index (χ2v) is 10.0. The lowest BCUT2D eigenvalue weighted by atomic mass is 10.00. The van der Waals surface area contributed by atoms with E-state index in [9.17, 15) is 33.9 Å². The summed E-state index contributed by atoms with van der Waals surface area (Å²) in [6, 6.07) is 8.48. The van der Waals surface area contributed by atoms with Crippen molar-refractivity contribution in [1.82, 2.24) is 29.8 Å². The van der Waals surface area contributed by atoms with Crippen LogP contribution in [0.5, 0.6) is 5.88 Å². The number of piperazine rings is 1. The fraction of sp³-hybridized carbons (Fsp3) is 0.464. The Kier molecular flexibility index (Phi) is 9.95. The van der Waals surface area contributed by atoms with Gasteiger partial charge in [0.05, 0.1) is 18.2 Å². The van der Waals surface area contributed by atoms with E-state index < -0.39 is 48.4 Å². The zero-order chi connectivity index (χ0) is 31.1. The minimum absolute atomic E-state index is 0.0283. The van der Waals surface area contributed by atoms with Crippen LogP contribution in [0.4, 0.5) is 4.79 Å². The van der Waals surface area contributed by atoms with Crippen LogP contribution in [-0.2, 0) is 23.9 Å². The van der Waals surface area contributed by atoms with Gasteiger partial charge in [0.2, 0.25) is 17.7 Å². The quantitative estimate of drug-likeness (QED) is 0.391. The number of ether oxygens (including phenoxy) is 2. The van der Waals surface area contributed by atoms with Crippen molar-refractivity contribution in [3.8, 4) is 11.6 Å². The minimum atomic E-state index is -1.44. The van der Waals surface area contributed by atoms with E-state index in [-0.39, 0.29) is 56.7 Å². The Morgan fingerprint density at radius 1 is 1.02 bits per heavy atom. The van der Waals surface area contributed by atoms with E-state index in [2.05, 4.69) is 10.4 Å². The number of carboxylic acid groups (broad SMARTS) is 1. The van der Waals surface area contributed by atoms with Crippen LogP contribution in [-0.4, -0.2) is 117 Å². The third-order valence-electron chi connectivity index (χ3n) is 7.19. The van der Waals surface area contributed by atoms with Crippen LogP contribution in [0.2, 0.25) is 0 Å². The number of nitrogens with zero attached hydrogens (tertiary/aromatic N) is 5. The largest absolute Gasteiger partial charge is 0.481 e. The number of carbonyl (C=O) groups excluding carboxylic acids is 5. The van der Waals surface area contributed by atoms with Gasteiger partial charge in [-0.05, 0) is 32.4 Å². The summed E-state index contributed by atoms with van der Waals surface area (Å²) < 4.78 is 12.0. The Labute approximate surface area is 247 Å². The van der Waals surface area contributed by atoms with E-state index in [1.54, 1.807) is 37.3 Å². The molecule has 230 valence electrons. The maximum absolute atomic E-state index is 13.4. The Hall–Kier alpha value is -4.95. The maximum atomic E-state index is 13.4. The lowest BCUT2D eigenvalue weighted by Crippen LogP contribution is -2.58. The van der Waals surface area contributed by atoms with Crippen molar-refractivity contribution in [2.75, 3.05) is 45.9 Å². The zero-order valence-electron chi connectivity index (χ0n) is 23.9. The van der Waals surface area contributed by atoms with Crippen LogP contribution in [0.3, 0.4) is 0 Å². The summed E-state index contributed by atoms with van der Waals surface area (Å²) in [5.41, 5.74) is 0.318. The second-order valence-electron chi connectivity index (χ2n) is 10.0. The fourth-order valence-electron chi connectivity index (χ4n) is 4.74. The summed E-state index contributed by atoms with van der Waals surface area (Å²) in [6.07, 6.45) is 0.361. The number of hydrogen-bond donors (Lipinski definition) is 2. The van der Waals surface area contributed by atoms with Gasteiger partial charge in [-0.3, -0.25) is 28.9 Å². The van der Waals surface area contributed by atoms with Crippen molar-refractivity contribution in [2.45, 2.75) is 32.7 Å². The van der Waals surface area contributed by atoms with Gasteiger partial charge in [0.25, 0.3) is 11.8 Å². The number of para-hydroxylation sites is 1. The van der Waals surface area contributed by atoms with Crippen LogP contribution in [0, 0.1) is 5.92 Å². The lowest BCUT2D eigenvalue weighted by Gasteiger charge is -2.36. The van der Waals surface area contributed by atoms with Crippen molar-refractivity contribution in [3.63, 3.8) is 0 Å². The normalized spacial score (nSPS) is 16.4. The van der Waals surface area contributed by atoms with Crippen molar-refractivity contribution < 1.29 is 43.3 Å². The first-order valence-corrected chi connectivity index (χ1v) is 14.0. The molecule has 1 aromatic heterocycles. The smallest absolute Gasteiger partial charge is 0.409 e. The first-order chi connectivity index (χ1) is 20.6. The number of hydrogen-bond acceptors (Lipinski definition) is 9. The molecule has 0 saturated carbocycles. The molecule has 1 aromatic carbocycles. The molecule has 3 heterocycles. The van der Waals surface area contributed by atoms with E-state index in [0.717, 1.165) is 4.90 Å². The first-order valence-electron chi connectivity index (χ1n) is 14.0. The molecule has 0 radical (unpaired) electrons. The number of aliphatic carboxylic acids is 1. The standard InChI is InChI=1S/C28H34N6O9/c1-3-42-28(41)32-14-12-31(13-15-32)26(38)24(18(2)27(39)40)29-25(37)20-16-23(34(30-20)19-8-5-4-6-9-19)43-17-22(36)33-11-7-10-21(33)35/h4-6,8-9,16,18,24H,3,7,10-15,17H2,1-2H3,(H,29,37)(H,39,40)/t18?,24-/m0/s1. The van der Waals surface area contributed by atoms with Gasteiger partial charge in [0.1, 0.15) is 6.04 Å². The van der Waals surface area contributed by atoms with Gasteiger partial charge in [0.15, 0.2) is 12.3 Å². The highest BCUT2D eigenvalue weighted by Crippen LogP contribution is 2.21. The molecule has 1 unspecified atom stereocenters. The van der Waals surface area contributed by atoms with Crippen LogP contribution < -0.4 is 10.1 Å². The Morgan fingerprint density at radius 2 is 1.70 bits per heavy atom. The van der Waals surface area contributed by atoms with Crippen LogP contribution >= 0.6 is 0 Å². The van der Waals surface area contributed by atoms with E-state index in [1.807, 2.05) is 0 Å². The van der Waals surface area contributed by atoms with Crippen molar-refractivity contribution in [1.29, 1.82) is 0 Å². The molecular weight excluding hydrogens is 564 g/mol. The molecule has 0 spiro atoms. The predicted molar refractivity (Wildman–Crippen MR) is 148 cm³/mol. The molecular formula is C28H34N6O9. The molecule has 15 heteroatoms. The van der Waals surface area contributed by atoms with Crippen LogP contribution in [0.1, 0.15) is 37.2 Å². The second kappa shape index (κ2) is 13.8. The average Bonchev–Trinajstić information content (AvgIpc) is 3.65. The van der Waals surface area contributed by atoms with Crippen molar-refractivity contribution in [2.24, 2.45) is 5.92 Å². The van der Waals surface area contributed by atoms with Crippen LogP contribution in [0.25, 0.3) is 5.69 Å². The highest BCUT2D eigenvalue weighted by atomic mass is 16.6. The monoisotopic (exact) mass is 598 g/mol. The number of nitrogens with one attached hydrogen (secondary N) is 1. The summed E-state index contributed by atoms with van der Waals surface area (Å²) in [6.45, 7) is 3.68. The number of imide groups is 1. The lowest BCUT2D eigenvalue weighted by molar-refractivity contribution is -0.147. The summed E-state index contributed by atoms with van der Waals surface area (Å²) in [4.78, 5) is 79.2. The fourth-order valence-corrected chi connectivity index (χ4v) is 4.74. The Morgan fingerprint density at radius 3 is 2.30 bits per heavy atom. The number of likely N-dealkylation sites (tertiary alicyclic amines) is 1. The van der Waals surface area contributed by atoms with E-state index in [1.165, 1.54) is 27.5 Å². The van der Waals surface area contributed by atoms with Gasteiger partial charge in [-0.15, -0.1) is 0 Å². The van der Waals surface area contributed by atoms with Gasteiger partial charge in [-0.25, -0.2) is 9.48 Å². The molecule has 0 bridgehead atoms. The predicted octanol–water partition coefficient (Wildman–Crippen LogP) is 0.520. The minimum Gasteiger partial charge on any atom is -0.481 e. The zero-order valence-corrected chi connectivity index (χ0v) is 23.9. The van der Waals surface area contributed by atoms with Gasteiger partial charge >= 0.3 is 12.1 Å². The van der Waals surface area contributed by atoms with E-state index in [0.29, 0.717) is 18.7 Å². The average molecular weight is 599 g/mol. The SMILES string of the molecule is CCOC(=O)N1CCN(C(=O)[C@@H](NC(=O)c2cc(OCC(=O)N3CCCC3=O)n(-c3ccccc3)n2)C(C)C(=O)O)CC1. The highest BCUT2D eigenvalue weighted by Gasteiger charge is 2.37. The third-order valence-corrected chi connectivity index (χ3v) is 7.19. The van der Waals surface area contributed by atoms with Gasteiger partial charge in [-0.1, -0.05) is 18.2 Å². The maximum Gasteiger partial charge on any atom is 0.409 e. The molecule has 2 atom stereocenters. The number of carbonyl (C=O) groups is 6. The Bertz CT molecular complexity index is 1370. The highest BCUT2D eigenvalue weighted by molar-refractivity contribution is 5.98. The summed E-state index contributed by atoms with van der Waals surface area (Å²) in [7, 11) is 0. The molecule has 15 nitrogen and oxygen atoms in total. The van der Waals surface area contributed by atoms with Gasteiger partial charge in [-0.2, -0.15) is 5.10 Å². The Balaban J connectivity index is 1.51. The molecule has 2 aliphatic rings. The molecule has 2 N–H and O–H groups in total. The van der Waals surface area contributed by atoms with E-state index >= 15 is 0 Å². The van der Waals surface area contributed by atoms with Crippen LogP contribution in [0.15, 0.2) is 36.4 Å². The molecule has 2 saturated heterocycles. The first kappa shape index (κ1) is 31.0. The number of carboxylic acids is 1. The molecule has 5 amide bonds. The number of aromatic nitrogens is 2. The molecule has 0 aliphatic carbocycles. The summed E-state index contributed by atoms with van der Waals surface area (Å²) in [5.74, 6) is -4.82. The number of amides is 5. The number of rotatable bonds is 10. The number of benzene rings is 1. The summed E-state index contributed by atoms with van der Waals surface area (Å²) >= 11 is 0. The van der Waals surface area contributed by atoms with Crippen molar-refractivity contribution in [3.05, 3.63) is 42.1 Å². The van der Waals surface area contributed by atoms with Gasteiger partial charge < -0.3 is 29.7 Å². The third kappa shape index (κ3) is 7.28. The molecule has 4 rings (SSSR count). The van der Waals surface area contributed by atoms with Gasteiger partial charge in [0, 0.05) is 45.2 Å². The topological polar surface area (TPSA) is 181 Å². The van der Waals surface area contributed by atoms with E-state index in [4.69, 9.17) is 9.47 Å². The molecule has 2 fully saturated rings. The molecule has 2 aromatic rings. The molecule has 2 aliphatic heterocycles. The molecule has 43 heavy (non-hydrogen) atoms. The van der Waals surface area contributed by atoms with Crippen molar-refractivity contribution >= 4 is 35.7 Å².